The Hall–Kier alpha value is -4.06. The van der Waals surface area contributed by atoms with Crippen molar-refractivity contribution in [3.8, 4) is 11.5 Å². The quantitative estimate of drug-likeness (QED) is 0.263. The smallest absolute Gasteiger partial charge is 0.300 e. The van der Waals surface area contributed by atoms with Gasteiger partial charge < -0.3 is 14.6 Å². The number of Topliss-reactive ketones (excluding diaryl/α,β-unsaturated/α-hetero) is 1. The number of amides is 1. The first-order chi connectivity index (χ1) is 17.2. The summed E-state index contributed by atoms with van der Waals surface area (Å²) in [5.41, 5.74) is 2.25. The highest BCUT2D eigenvalue weighted by molar-refractivity contribution is 6.51. The number of hydrogen-bond acceptors (Lipinski definition) is 5. The summed E-state index contributed by atoms with van der Waals surface area (Å²) in [5.74, 6) is -0.532. The lowest BCUT2D eigenvalue weighted by molar-refractivity contribution is -0.132. The molecule has 6 nitrogen and oxygen atoms in total. The van der Waals surface area contributed by atoms with Gasteiger partial charge in [0.15, 0.2) is 0 Å². The summed E-state index contributed by atoms with van der Waals surface area (Å²) in [6.45, 7) is 8.59. The van der Waals surface area contributed by atoms with E-state index in [0.29, 0.717) is 29.2 Å². The number of nitrogens with zero attached hydrogens (tertiary/aromatic N) is 1. The van der Waals surface area contributed by atoms with Gasteiger partial charge in [-0.2, -0.15) is 0 Å². The summed E-state index contributed by atoms with van der Waals surface area (Å²) < 4.78 is 11.3. The van der Waals surface area contributed by atoms with E-state index in [1.165, 1.54) is 12.0 Å². The Kier molecular flexibility index (Phi) is 6.88. The van der Waals surface area contributed by atoms with Gasteiger partial charge >= 0.3 is 0 Å². The molecule has 3 aromatic rings. The Morgan fingerprint density at radius 1 is 0.944 bits per heavy atom. The number of hydrogen-bond donors (Lipinski definition) is 1. The molecule has 1 amide bonds. The molecular weight excluding hydrogens is 454 g/mol. The van der Waals surface area contributed by atoms with Crippen LogP contribution in [0.2, 0.25) is 0 Å². The highest BCUT2D eigenvalue weighted by Gasteiger charge is 2.47. The van der Waals surface area contributed by atoms with Gasteiger partial charge in [0.05, 0.1) is 31.0 Å². The van der Waals surface area contributed by atoms with Crippen LogP contribution in [0.25, 0.3) is 5.76 Å². The molecule has 4 rings (SSSR count). The maximum atomic E-state index is 13.5. The second kappa shape index (κ2) is 9.90. The average Bonchev–Trinajstić information content (AvgIpc) is 3.14. The Labute approximate surface area is 211 Å². The molecule has 36 heavy (non-hydrogen) atoms. The fraction of sp³-hybridized carbons (Fsp3) is 0.267. The number of rotatable bonds is 6. The Bertz CT molecular complexity index is 1320. The predicted molar refractivity (Wildman–Crippen MR) is 141 cm³/mol. The first-order valence-corrected chi connectivity index (χ1v) is 12.0. The number of para-hydroxylation sites is 2. The van der Waals surface area contributed by atoms with E-state index in [4.69, 9.17) is 9.47 Å². The summed E-state index contributed by atoms with van der Waals surface area (Å²) in [4.78, 5) is 28.3. The van der Waals surface area contributed by atoms with Crippen LogP contribution in [0.5, 0.6) is 11.5 Å². The fourth-order valence-electron chi connectivity index (χ4n) is 4.56. The molecule has 1 saturated heterocycles. The Morgan fingerprint density at radius 3 is 2.25 bits per heavy atom. The minimum atomic E-state index is -0.827. The van der Waals surface area contributed by atoms with Crippen LogP contribution in [0.3, 0.4) is 0 Å². The minimum Gasteiger partial charge on any atom is -0.507 e. The fourth-order valence-corrected chi connectivity index (χ4v) is 4.56. The number of methoxy groups -OCH3 is 1. The maximum Gasteiger partial charge on any atom is 0.300 e. The minimum absolute atomic E-state index is 0.0288. The van der Waals surface area contributed by atoms with Gasteiger partial charge in [-0.15, -0.1) is 0 Å². The van der Waals surface area contributed by atoms with Gasteiger partial charge in [-0.25, -0.2) is 0 Å². The van der Waals surface area contributed by atoms with Crippen molar-refractivity contribution in [3.05, 3.63) is 95.1 Å². The van der Waals surface area contributed by atoms with Crippen LogP contribution in [-0.2, 0) is 15.0 Å². The molecule has 1 heterocycles. The standard InChI is InChI=1S/C30H31NO5/c1-6-36-23-17-16-20(18-21(23)30(2,3)4)27(32)25-26(19-12-8-7-9-13-19)31(29(34)28(25)33)22-14-10-11-15-24(22)35-5/h7-18,26,32H,6H2,1-5H3/b27-25-. The van der Waals surface area contributed by atoms with Crippen molar-refractivity contribution in [2.75, 3.05) is 18.6 Å². The molecule has 186 valence electrons. The van der Waals surface area contributed by atoms with Gasteiger partial charge in [0.25, 0.3) is 11.7 Å². The van der Waals surface area contributed by atoms with Crippen molar-refractivity contribution < 1.29 is 24.2 Å². The lowest BCUT2D eigenvalue weighted by atomic mass is 9.84. The van der Waals surface area contributed by atoms with Gasteiger partial charge in [0.1, 0.15) is 17.3 Å². The molecular formula is C30H31NO5. The zero-order chi connectivity index (χ0) is 26.0. The second-order valence-electron chi connectivity index (χ2n) is 9.65. The number of ether oxygens (including phenoxy) is 2. The molecule has 6 heteroatoms. The van der Waals surface area contributed by atoms with Crippen molar-refractivity contribution in [1.29, 1.82) is 0 Å². The summed E-state index contributed by atoms with van der Waals surface area (Å²) in [7, 11) is 1.51. The van der Waals surface area contributed by atoms with Crippen LogP contribution >= 0.6 is 0 Å². The van der Waals surface area contributed by atoms with E-state index >= 15 is 0 Å². The highest BCUT2D eigenvalue weighted by atomic mass is 16.5. The largest absolute Gasteiger partial charge is 0.507 e. The van der Waals surface area contributed by atoms with Crippen LogP contribution in [0.15, 0.2) is 78.4 Å². The van der Waals surface area contributed by atoms with Crippen molar-refractivity contribution >= 4 is 23.1 Å². The molecule has 1 unspecified atom stereocenters. The van der Waals surface area contributed by atoms with Crippen molar-refractivity contribution in [3.63, 3.8) is 0 Å². The number of ketones is 1. The molecule has 1 N–H and O–H groups in total. The third kappa shape index (κ3) is 4.47. The van der Waals surface area contributed by atoms with Crippen LogP contribution in [0, 0.1) is 0 Å². The zero-order valence-electron chi connectivity index (χ0n) is 21.2. The van der Waals surface area contributed by atoms with Crippen molar-refractivity contribution in [2.24, 2.45) is 0 Å². The van der Waals surface area contributed by atoms with E-state index in [2.05, 4.69) is 20.8 Å². The summed E-state index contributed by atoms with van der Waals surface area (Å²) in [6.07, 6.45) is 0. The number of benzene rings is 3. The molecule has 1 aliphatic rings. The number of anilines is 1. The van der Waals surface area contributed by atoms with E-state index in [1.54, 1.807) is 36.4 Å². The average molecular weight is 486 g/mol. The zero-order valence-corrected chi connectivity index (χ0v) is 21.2. The first kappa shape index (κ1) is 25.0. The molecule has 0 spiro atoms. The van der Waals surface area contributed by atoms with Gasteiger partial charge in [-0.1, -0.05) is 63.2 Å². The lowest BCUT2D eigenvalue weighted by Gasteiger charge is -2.27. The monoisotopic (exact) mass is 485 g/mol. The van der Waals surface area contributed by atoms with Crippen LogP contribution in [-0.4, -0.2) is 30.5 Å². The first-order valence-electron chi connectivity index (χ1n) is 12.0. The summed E-state index contributed by atoms with van der Waals surface area (Å²) >= 11 is 0. The summed E-state index contributed by atoms with van der Waals surface area (Å²) in [6, 6.07) is 20.8. The molecule has 0 aliphatic carbocycles. The highest BCUT2D eigenvalue weighted by Crippen LogP contribution is 2.45. The van der Waals surface area contributed by atoms with Crippen molar-refractivity contribution in [2.45, 2.75) is 39.2 Å². The van der Waals surface area contributed by atoms with Gasteiger partial charge in [0.2, 0.25) is 0 Å². The Balaban J connectivity index is 1.96. The molecule has 1 fully saturated rings. The van der Waals surface area contributed by atoms with E-state index in [1.807, 2.05) is 43.3 Å². The van der Waals surface area contributed by atoms with Gasteiger partial charge in [0, 0.05) is 11.1 Å². The molecule has 0 bridgehead atoms. The summed E-state index contributed by atoms with van der Waals surface area (Å²) in [5, 5.41) is 11.6. The van der Waals surface area contributed by atoms with Crippen molar-refractivity contribution in [1.82, 2.24) is 0 Å². The topological polar surface area (TPSA) is 76.1 Å². The molecule has 0 radical (unpaired) electrons. The van der Waals surface area contributed by atoms with Gasteiger partial charge in [-0.05, 0) is 48.2 Å². The normalized spacial score (nSPS) is 17.4. The SMILES string of the molecule is CCOc1ccc(/C(O)=C2/C(=O)C(=O)N(c3ccccc3OC)C2c2ccccc2)cc1C(C)(C)C. The van der Waals surface area contributed by atoms with E-state index in [9.17, 15) is 14.7 Å². The lowest BCUT2D eigenvalue weighted by Crippen LogP contribution is -2.29. The third-order valence-corrected chi connectivity index (χ3v) is 6.27. The molecule has 0 aromatic heterocycles. The Morgan fingerprint density at radius 2 is 1.61 bits per heavy atom. The van der Waals surface area contributed by atoms with E-state index < -0.39 is 17.7 Å². The number of aliphatic hydroxyl groups is 1. The third-order valence-electron chi connectivity index (χ3n) is 6.27. The number of aliphatic hydroxyl groups excluding tert-OH is 1. The van der Waals surface area contributed by atoms with E-state index in [0.717, 1.165) is 11.3 Å². The van der Waals surface area contributed by atoms with Crippen LogP contribution in [0.4, 0.5) is 5.69 Å². The molecule has 1 aliphatic heterocycles. The van der Waals surface area contributed by atoms with Gasteiger partial charge in [-0.3, -0.25) is 14.5 Å². The number of carbonyl (C=O) groups is 2. The van der Waals surface area contributed by atoms with Crippen LogP contribution < -0.4 is 14.4 Å². The van der Waals surface area contributed by atoms with E-state index in [-0.39, 0.29) is 16.7 Å². The molecule has 1 atom stereocenters. The predicted octanol–water partition coefficient (Wildman–Crippen LogP) is 6.02. The maximum absolute atomic E-state index is 13.5. The second-order valence-corrected chi connectivity index (χ2v) is 9.65. The molecule has 3 aromatic carbocycles. The van der Waals surface area contributed by atoms with Crippen LogP contribution in [0.1, 0.15) is 50.4 Å². The molecule has 0 saturated carbocycles. The number of carbonyl (C=O) groups excluding carboxylic acids is 2.